The number of carbonyl (C=O) groups excluding carboxylic acids is 3. The molecule has 166 valence electrons. The molecule has 1 spiro atoms. The molecule has 1 N–H and O–H groups in total. The summed E-state index contributed by atoms with van der Waals surface area (Å²) in [4.78, 5) is 42.7. The fourth-order valence-electron chi connectivity index (χ4n) is 5.06. The van der Waals surface area contributed by atoms with E-state index in [9.17, 15) is 14.4 Å². The number of nitrogens with zero attached hydrogens (tertiary/aromatic N) is 2. The molecule has 2 fully saturated rings. The fraction of sp³-hybridized carbons (Fsp3) is 0.400. The van der Waals surface area contributed by atoms with Gasteiger partial charge in [0.1, 0.15) is 12.1 Å². The zero-order chi connectivity index (χ0) is 22.5. The predicted octanol–water partition coefficient (Wildman–Crippen LogP) is 3.97. The van der Waals surface area contributed by atoms with Crippen LogP contribution in [0.25, 0.3) is 0 Å². The minimum Gasteiger partial charge on any atom is -0.334 e. The van der Waals surface area contributed by atoms with Gasteiger partial charge in [0.05, 0.1) is 0 Å². The van der Waals surface area contributed by atoms with Crippen LogP contribution < -0.4 is 5.32 Å². The number of hydrogen-bond acceptors (Lipinski definition) is 3. The second-order valence-electron chi connectivity index (χ2n) is 9.11. The highest BCUT2D eigenvalue weighted by molar-refractivity contribution is 9.10. The van der Waals surface area contributed by atoms with Crippen LogP contribution in [-0.4, -0.2) is 40.2 Å². The quantitative estimate of drug-likeness (QED) is 0.616. The van der Waals surface area contributed by atoms with Crippen molar-refractivity contribution in [2.24, 2.45) is 5.92 Å². The van der Waals surface area contributed by atoms with Crippen molar-refractivity contribution >= 4 is 33.8 Å². The molecule has 0 radical (unpaired) electrons. The van der Waals surface area contributed by atoms with Crippen LogP contribution in [0.4, 0.5) is 4.79 Å². The molecule has 3 aliphatic rings. The standard InChI is InChI=1S/C25H26BrN3O3/c1-16(18-7-8-18)28(14-17-5-3-2-4-6-17)22(30)15-29-23(31)25(27-24(29)32)12-11-19-13-20(26)9-10-21(19)25/h2-6,9-10,13,16,18H,7-8,11-12,14-15H2,1H3,(H,27,32)/t16-,25?/m0/s1. The summed E-state index contributed by atoms with van der Waals surface area (Å²) in [7, 11) is 0. The van der Waals surface area contributed by atoms with Crippen LogP contribution >= 0.6 is 15.9 Å². The molecule has 0 bridgehead atoms. The first-order valence-electron chi connectivity index (χ1n) is 11.2. The Bertz CT molecular complexity index is 1090. The highest BCUT2D eigenvalue weighted by Gasteiger charge is 2.55. The molecule has 2 aliphatic carbocycles. The Hall–Kier alpha value is -2.67. The normalized spacial score (nSPS) is 22.8. The fourth-order valence-corrected chi connectivity index (χ4v) is 5.47. The van der Waals surface area contributed by atoms with Gasteiger partial charge in [-0.05, 0) is 67.3 Å². The lowest BCUT2D eigenvalue weighted by Crippen LogP contribution is -2.47. The molecule has 1 aliphatic heterocycles. The van der Waals surface area contributed by atoms with Gasteiger partial charge in [0.25, 0.3) is 5.91 Å². The zero-order valence-corrected chi connectivity index (χ0v) is 19.6. The van der Waals surface area contributed by atoms with Gasteiger partial charge >= 0.3 is 6.03 Å². The van der Waals surface area contributed by atoms with Crippen molar-refractivity contribution in [1.29, 1.82) is 0 Å². The first-order valence-corrected chi connectivity index (χ1v) is 11.9. The van der Waals surface area contributed by atoms with Crippen LogP contribution in [0.1, 0.15) is 42.9 Å². The van der Waals surface area contributed by atoms with E-state index in [-0.39, 0.29) is 24.4 Å². The van der Waals surface area contributed by atoms with Gasteiger partial charge < -0.3 is 10.2 Å². The average molecular weight is 496 g/mol. The summed E-state index contributed by atoms with van der Waals surface area (Å²) in [5.74, 6) is -0.0317. The molecule has 1 unspecified atom stereocenters. The summed E-state index contributed by atoms with van der Waals surface area (Å²) in [5, 5.41) is 2.91. The summed E-state index contributed by atoms with van der Waals surface area (Å²) in [5.41, 5.74) is 1.87. The van der Waals surface area contributed by atoms with E-state index < -0.39 is 11.6 Å². The molecule has 0 aromatic heterocycles. The number of aryl methyl sites for hydroxylation is 1. The maximum Gasteiger partial charge on any atom is 0.325 e. The van der Waals surface area contributed by atoms with E-state index in [1.165, 1.54) is 0 Å². The van der Waals surface area contributed by atoms with E-state index in [4.69, 9.17) is 0 Å². The molecule has 32 heavy (non-hydrogen) atoms. The Kier molecular flexibility index (Phi) is 5.32. The highest BCUT2D eigenvalue weighted by atomic mass is 79.9. The topological polar surface area (TPSA) is 69.7 Å². The average Bonchev–Trinajstić information content (AvgIpc) is 3.54. The Balaban J connectivity index is 1.37. The minimum absolute atomic E-state index is 0.0713. The molecule has 2 aromatic carbocycles. The minimum atomic E-state index is -1.06. The molecule has 1 heterocycles. The van der Waals surface area contributed by atoms with Crippen molar-refractivity contribution in [2.75, 3.05) is 6.54 Å². The molecule has 2 aromatic rings. The van der Waals surface area contributed by atoms with E-state index in [0.29, 0.717) is 25.3 Å². The van der Waals surface area contributed by atoms with E-state index in [0.717, 1.165) is 38.9 Å². The first kappa shape index (κ1) is 21.2. The van der Waals surface area contributed by atoms with Gasteiger partial charge in [0, 0.05) is 17.1 Å². The SMILES string of the molecule is C[C@@H](C1CC1)N(Cc1ccccc1)C(=O)CN1C(=O)NC2(CCc3cc(Br)ccc32)C1=O. The zero-order valence-electron chi connectivity index (χ0n) is 18.0. The number of amides is 4. The number of benzene rings is 2. The van der Waals surface area contributed by atoms with Crippen LogP contribution in [-0.2, 0) is 28.1 Å². The number of urea groups is 1. The van der Waals surface area contributed by atoms with Crippen molar-refractivity contribution in [2.45, 2.75) is 50.7 Å². The van der Waals surface area contributed by atoms with Crippen molar-refractivity contribution in [3.63, 3.8) is 0 Å². The van der Waals surface area contributed by atoms with Gasteiger partial charge in [-0.25, -0.2) is 4.79 Å². The first-order chi connectivity index (χ1) is 15.4. The summed E-state index contributed by atoms with van der Waals surface area (Å²) in [6.45, 7) is 2.31. The summed E-state index contributed by atoms with van der Waals surface area (Å²) in [6.07, 6.45) is 3.44. The molecule has 6 nitrogen and oxygen atoms in total. The lowest BCUT2D eigenvalue weighted by atomic mass is 9.92. The molecule has 1 saturated carbocycles. The Morgan fingerprint density at radius 3 is 2.69 bits per heavy atom. The summed E-state index contributed by atoms with van der Waals surface area (Å²) >= 11 is 3.47. The van der Waals surface area contributed by atoms with Gasteiger partial charge in [0.2, 0.25) is 5.91 Å². The van der Waals surface area contributed by atoms with Crippen molar-refractivity contribution in [1.82, 2.24) is 15.1 Å². The van der Waals surface area contributed by atoms with Crippen LogP contribution in [0.3, 0.4) is 0 Å². The number of halogens is 1. The van der Waals surface area contributed by atoms with Gasteiger partial charge in [-0.2, -0.15) is 0 Å². The number of hydrogen-bond donors (Lipinski definition) is 1. The molecular weight excluding hydrogens is 470 g/mol. The lowest BCUT2D eigenvalue weighted by molar-refractivity contribution is -0.141. The maximum atomic E-state index is 13.5. The van der Waals surface area contributed by atoms with Gasteiger partial charge in [-0.3, -0.25) is 14.5 Å². The van der Waals surface area contributed by atoms with Crippen LogP contribution in [0.2, 0.25) is 0 Å². The van der Waals surface area contributed by atoms with Gasteiger partial charge in [-0.1, -0.05) is 52.3 Å². The summed E-state index contributed by atoms with van der Waals surface area (Å²) < 4.78 is 0.947. The molecule has 2 atom stereocenters. The number of fused-ring (bicyclic) bond motifs is 2. The second kappa shape index (κ2) is 8.03. The molecule has 4 amide bonds. The Morgan fingerprint density at radius 1 is 1.22 bits per heavy atom. The number of carbonyl (C=O) groups is 3. The van der Waals surface area contributed by atoms with Crippen LogP contribution in [0.15, 0.2) is 53.0 Å². The molecular formula is C25H26BrN3O3. The van der Waals surface area contributed by atoms with Gasteiger partial charge in [-0.15, -0.1) is 0 Å². The second-order valence-corrected chi connectivity index (χ2v) is 10.0. The molecule has 5 rings (SSSR count). The van der Waals surface area contributed by atoms with Crippen molar-refractivity contribution in [3.05, 3.63) is 69.7 Å². The highest BCUT2D eigenvalue weighted by Crippen LogP contribution is 2.42. The van der Waals surface area contributed by atoms with Gasteiger partial charge in [0.15, 0.2) is 0 Å². The predicted molar refractivity (Wildman–Crippen MR) is 124 cm³/mol. The van der Waals surface area contributed by atoms with E-state index in [1.54, 1.807) is 0 Å². The van der Waals surface area contributed by atoms with E-state index in [2.05, 4.69) is 28.2 Å². The monoisotopic (exact) mass is 495 g/mol. The van der Waals surface area contributed by atoms with Crippen molar-refractivity contribution in [3.8, 4) is 0 Å². The Morgan fingerprint density at radius 2 is 1.97 bits per heavy atom. The third-order valence-electron chi connectivity index (χ3n) is 7.08. The lowest BCUT2D eigenvalue weighted by Gasteiger charge is -2.31. The van der Waals surface area contributed by atoms with Crippen LogP contribution in [0.5, 0.6) is 0 Å². The third-order valence-corrected chi connectivity index (χ3v) is 7.57. The van der Waals surface area contributed by atoms with Crippen molar-refractivity contribution < 1.29 is 14.4 Å². The van der Waals surface area contributed by atoms with Crippen LogP contribution in [0, 0.1) is 5.92 Å². The summed E-state index contributed by atoms with van der Waals surface area (Å²) in [6, 6.07) is 15.2. The van der Waals surface area contributed by atoms with E-state index in [1.807, 2.05) is 53.4 Å². The number of nitrogens with one attached hydrogen (secondary N) is 1. The third kappa shape index (κ3) is 3.62. The molecule has 1 saturated heterocycles. The maximum absolute atomic E-state index is 13.5. The largest absolute Gasteiger partial charge is 0.334 e. The number of rotatable bonds is 6. The Labute approximate surface area is 196 Å². The molecule has 7 heteroatoms. The number of imide groups is 1. The smallest absolute Gasteiger partial charge is 0.325 e. The van der Waals surface area contributed by atoms with E-state index >= 15 is 0 Å².